The van der Waals surface area contributed by atoms with Crippen LogP contribution in [0, 0.1) is 0 Å². The summed E-state index contributed by atoms with van der Waals surface area (Å²) >= 11 is 0. The molecule has 43 heavy (non-hydrogen) atoms. The smallest absolute Gasteiger partial charge is 0.262 e. The number of fused-ring (bicyclic) bond motifs is 1. The number of amides is 2. The van der Waals surface area contributed by atoms with E-state index in [4.69, 9.17) is 19.9 Å². The molecule has 4 aliphatic rings. The SMILES string of the molecule is COC[C@@H](C[N+]1=C=CC=C1)N1C(=O)c2ccccc2C1=O.COC[C@@H](O)C[N+]1=C=CC=C1.COC[C@H](N)C[N+]1=C=CC=C1. The van der Waals surface area contributed by atoms with E-state index < -0.39 is 6.10 Å². The Hall–Kier alpha value is -4.27. The number of β-amino-alcohol motifs (C(OH)–C–C–N with tert-alkyl or cyclic N) is 1. The molecule has 0 aromatic heterocycles. The number of carbonyl (C=O) groups excluding carboxylic acids is 2. The predicted octanol–water partition coefficient (Wildman–Crippen LogP) is 0.549. The molecule has 0 spiro atoms. The predicted molar refractivity (Wildman–Crippen MR) is 162 cm³/mol. The maximum absolute atomic E-state index is 12.5. The van der Waals surface area contributed by atoms with Crippen molar-refractivity contribution in [3.05, 3.63) is 90.4 Å². The largest absolute Gasteiger partial charge is 0.384 e. The zero-order chi connectivity index (χ0) is 31.0. The average Bonchev–Trinajstić information content (AvgIpc) is 3.81. The van der Waals surface area contributed by atoms with Gasteiger partial charge in [0.2, 0.25) is 0 Å². The van der Waals surface area contributed by atoms with Gasteiger partial charge in [-0.3, -0.25) is 14.5 Å². The van der Waals surface area contributed by atoms with Crippen molar-refractivity contribution < 1.29 is 42.6 Å². The molecule has 0 bridgehead atoms. The summed E-state index contributed by atoms with van der Waals surface area (Å²) in [4.78, 5) is 26.3. The van der Waals surface area contributed by atoms with E-state index in [2.05, 4.69) is 17.6 Å². The van der Waals surface area contributed by atoms with Crippen LogP contribution in [0.3, 0.4) is 0 Å². The van der Waals surface area contributed by atoms with Crippen LogP contribution in [0.2, 0.25) is 0 Å². The molecule has 0 saturated heterocycles. The normalized spacial score (nSPS) is 17.2. The van der Waals surface area contributed by atoms with Gasteiger partial charge in [-0.2, -0.15) is 13.7 Å². The summed E-state index contributed by atoms with van der Waals surface area (Å²) in [5, 5.41) is 9.26. The number of nitrogens with zero attached hydrogens (tertiary/aromatic N) is 4. The van der Waals surface area contributed by atoms with Gasteiger partial charge in [0.15, 0.2) is 55.8 Å². The molecule has 0 saturated carbocycles. The van der Waals surface area contributed by atoms with E-state index in [0.717, 1.165) is 6.54 Å². The third-order valence-electron chi connectivity index (χ3n) is 6.34. The van der Waals surface area contributed by atoms with Gasteiger partial charge in [0.05, 0.1) is 55.2 Å². The van der Waals surface area contributed by atoms with Gasteiger partial charge in [-0.25, -0.2) is 0 Å². The average molecular weight is 591 g/mol. The number of rotatable bonds is 13. The number of benzene rings is 1. The van der Waals surface area contributed by atoms with Crippen molar-refractivity contribution in [2.45, 2.75) is 18.2 Å². The van der Waals surface area contributed by atoms with Crippen LogP contribution in [-0.2, 0) is 14.2 Å². The summed E-state index contributed by atoms with van der Waals surface area (Å²) in [5.74, 6) is 8.43. The number of aliphatic hydroxyl groups excluding tert-OH is 1. The minimum absolute atomic E-state index is 0.0589. The maximum atomic E-state index is 12.5. The van der Waals surface area contributed by atoms with Crippen LogP contribution in [0.15, 0.2) is 79.3 Å². The lowest BCUT2D eigenvalue weighted by Crippen LogP contribution is -2.46. The molecule has 2 amide bonds. The Morgan fingerprint density at radius 1 is 0.744 bits per heavy atom. The summed E-state index contributed by atoms with van der Waals surface area (Å²) in [6, 6.07) is 6.59. The lowest BCUT2D eigenvalue weighted by atomic mass is 10.1. The van der Waals surface area contributed by atoms with E-state index >= 15 is 0 Å². The van der Waals surface area contributed by atoms with Crippen molar-refractivity contribution in [1.29, 1.82) is 0 Å². The van der Waals surface area contributed by atoms with Gasteiger partial charge in [0, 0.05) is 39.6 Å². The van der Waals surface area contributed by atoms with E-state index in [9.17, 15) is 14.7 Å². The number of ether oxygens (including phenoxy) is 3. The highest BCUT2D eigenvalue weighted by Gasteiger charge is 2.41. The van der Waals surface area contributed by atoms with Crippen LogP contribution in [-0.4, -0.2) is 132 Å². The summed E-state index contributed by atoms with van der Waals surface area (Å²) in [6.45, 7) is 3.02. The van der Waals surface area contributed by atoms with Crippen LogP contribution in [0.5, 0.6) is 0 Å². The van der Waals surface area contributed by atoms with Crippen LogP contribution in [0.4, 0.5) is 0 Å². The third-order valence-corrected chi connectivity index (χ3v) is 6.34. The lowest BCUT2D eigenvalue weighted by molar-refractivity contribution is -0.460. The summed E-state index contributed by atoms with van der Waals surface area (Å²) < 4.78 is 20.4. The number of imide groups is 1. The monoisotopic (exact) mass is 590 g/mol. The van der Waals surface area contributed by atoms with E-state index in [1.54, 1.807) is 62.3 Å². The molecule has 0 aliphatic carbocycles. The molecule has 3 atom stereocenters. The van der Waals surface area contributed by atoms with Gasteiger partial charge in [-0.15, -0.1) is 0 Å². The first-order valence-electron chi connectivity index (χ1n) is 13.8. The molecule has 0 unspecified atom stereocenters. The molecule has 11 heteroatoms. The minimum Gasteiger partial charge on any atom is -0.384 e. The molecule has 11 nitrogen and oxygen atoms in total. The second-order valence-electron chi connectivity index (χ2n) is 9.83. The molecule has 1 aromatic rings. The third kappa shape index (κ3) is 10.2. The Bertz CT molecular complexity index is 1360. The Labute approximate surface area is 252 Å². The molecular formula is C32H40N5O6+3. The van der Waals surface area contributed by atoms with E-state index in [0.29, 0.717) is 37.4 Å². The van der Waals surface area contributed by atoms with Crippen molar-refractivity contribution in [2.75, 3.05) is 60.8 Å². The fraction of sp³-hybridized carbons (Fsp3) is 0.375. The molecule has 4 heterocycles. The van der Waals surface area contributed by atoms with Crippen molar-refractivity contribution in [3.8, 4) is 0 Å². The standard InChI is InChI=1S/C16H15N2O3.C8H13N2O.C8H12NO2/c1-21-11-12(10-17-8-4-5-9-17)18-15(19)13-6-2-3-7-14(13)16(18)20;1-11-7-8(9)6-10-4-2-3-5-10;1-11-7-8(10)6-9-4-2-3-5-9/h2-8,12H,10-11H2,1H3;2-4,8H,6-7,9H2,1H3;2-4,8,10H,6-7H2,1H3/q3*+1/t12-;2*8-/m110/s1. The molecule has 226 valence electrons. The van der Waals surface area contributed by atoms with Crippen LogP contribution in [0.25, 0.3) is 0 Å². The zero-order valence-corrected chi connectivity index (χ0v) is 24.8. The van der Waals surface area contributed by atoms with Crippen LogP contribution < -0.4 is 5.73 Å². The molecule has 0 fully saturated rings. The van der Waals surface area contributed by atoms with Crippen molar-refractivity contribution in [2.24, 2.45) is 5.73 Å². The zero-order valence-electron chi connectivity index (χ0n) is 24.8. The molecule has 1 aromatic carbocycles. The Morgan fingerprint density at radius 3 is 1.65 bits per heavy atom. The van der Waals surface area contributed by atoms with Crippen LogP contribution in [0.1, 0.15) is 20.7 Å². The molecular weight excluding hydrogens is 550 g/mol. The summed E-state index contributed by atoms with van der Waals surface area (Å²) in [5.41, 5.74) is 6.63. The van der Waals surface area contributed by atoms with Crippen molar-refractivity contribution in [3.63, 3.8) is 0 Å². The number of nitrogens with two attached hydrogens (primary N) is 1. The van der Waals surface area contributed by atoms with E-state index in [-0.39, 0.29) is 30.5 Å². The summed E-state index contributed by atoms with van der Waals surface area (Å²) in [6.07, 6.45) is 16.3. The van der Waals surface area contributed by atoms with Gasteiger partial charge in [0.25, 0.3) is 11.8 Å². The van der Waals surface area contributed by atoms with Crippen molar-refractivity contribution in [1.82, 2.24) is 4.90 Å². The lowest BCUT2D eigenvalue weighted by Gasteiger charge is -2.22. The number of hydrogen-bond acceptors (Lipinski definition) is 7. The first kappa shape index (κ1) is 33.2. The Balaban J connectivity index is 0.000000195. The van der Waals surface area contributed by atoms with Gasteiger partial charge in [-0.05, 0) is 12.1 Å². The van der Waals surface area contributed by atoms with E-state index in [1.807, 2.05) is 52.1 Å². The first-order valence-corrected chi connectivity index (χ1v) is 13.8. The quantitative estimate of drug-likeness (QED) is 0.254. The Kier molecular flexibility index (Phi) is 13.6. The number of aliphatic hydroxyl groups is 1. The second-order valence-corrected chi connectivity index (χ2v) is 9.83. The second kappa shape index (κ2) is 17.6. The van der Waals surface area contributed by atoms with Gasteiger partial charge in [-0.1, -0.05) is 12.1 Å². The molecule has 3 N–H and O–H groups in total. The topological polar surface area (TPSA) is 120 Å². The fourth-order valence-corrected chi connectivity index (χ4v) is 4.49. The highest BCUT2D eigenvalue weighted by atomic mass is 16.5. The highest BCUT2D eigenvalue weighted by molar-refractivity contribution is 6.21. The number of hydrogen-bond donors (Lipinski definition) is 2. The maximum Gasteiger partial charge on any atom is 0.262 e. The van der Waals surface area contributed by atoms with E-state index in [1.165, 1.54) is 4.90 Å². The number of allylic oxidation sites excluding steroid dienone is 6. The van der Waals surface area contributed by atoms with Gasteiger partial charge >= 0.3 is 0 Å². The molecule has 0 radical (unpaired) electrons. The summed E-state index contributed by atoms with van der Waals surface area (Å²) in [7, 11) is 4.78. The number of methoxy groups -OCH3 is 3. The number of carbonyl (C=O) groups is 2. The van der Waals surface area contributed by atoms with Gasteiger partial charge < -0.3 is 25.1 Å². The van der Waals surface area contributed by atoms with Crippen molar-refractivity contribution >= 4 is 29.4 Å². The van der Waals surface area contributed by atoms with Crippen LogP contribution >= 0.6 is 0 Å². The van der Waals surface area contributed by atoms with Gasteiger partial charge in [0.1, 0.15) is 12.1 Å². The Morgan fingerprint density at radius 2 is 1.21 bits per heavy atom. The molecule has 5 rings (SSSR count). The fourth-order valence-electron chi connectivity index (χ4n) is 4.49. The highest BCUT2D eigenvalue weighted by Crippen LogP contribution is 2.24. The first-order chi connectivity index (χ1) is 20.9. The molecule has 4 aliphatic heterocycles. The minimum atomic E-state index is -0.441.